The van der Waals surface area contributed by atoms with E-state index in [1.807, 2.05) is 12.1 Å². The van der Waals surface area contributed by atoms with Crippen molar-refractivity contribution in [1.29, 1.82) is 0 Å². The van der Waals surface area contributed by atoms with Crippen LogP contribution in [0.15, 0.2) is 24.3 Å². The van der Waals surface area contributed by atoms with Gasteiger partial charge in [-0.25, -0.2) is 0 Å². The minimum Gasteiger partial charge on any atom is -0.396 e. The molecule has 1 rings (SSSR count). The summed E-state index contributed by atoms with van der Waals surface area (Å²) in [5, 5.41) is 22.5. The second-order valence-corrected chi connectivity index (χ2v) is 7.65. The number of unbranched alkanes of at least 4 members (excludes halogenated alkanes) is 9. The van der Waals surface area contributed by atoms with Crippen LogP contribution in [0.25, 0.3) is 0 Å². The Labute approximate surface area is 165 Å². The number of nitrogens with one attached hydrogen (secondary N) is 1. The third-order valence-corrected chi connectivity index (χ3v) is 5.08. The number of aryl methyl sites for hydroxylation is 1. The summed E-state index contributed by atoms with van der Waals surface area (Å²) in [6, 6.07) is 7.71. The van der Waals surface area contributed by atoms with Crippen molar-refractivity contribution in [3.63, 3.8) is 0 Å². The number of amides is 1. The van der Waals surface area contributed by atoms with Crippen molar-refractivity contribution in [1.82, 2.24) is 5.32 Å². The van der Waals surface area contributed by atoms with Gasteiger partial charge in [0.15, 0.2) is 5.72 Å². The molecule has 1 unspecified atom stereocenters. The maximum Gasteiger partial charge on any atom is 0.219 e. The van der Waals surface area contributed by atoms with Crippen molar-refractivity contribution in [2.45, 2.75) is 96.6 Å². The fourth-order valence-corrected chi connectivity index (χ4v) is 3.53. The first-order valence-electron chi connectivity index (χ1n) is 10.7. The Hall–Kier alpha value is -1.39. The van der Waals surface area contributed by atoms with E-state index in [1.54, 1.807) is 6.07 Å². The molecule has 1 aromatic carbocycles. The van der Waals surface area contributed by atoms with Gasteiger partial charge < -0.3 is 15.5 Å². The van der Waals surface area contributed by atoms with Crippen molar-refractivity contribution in [3.05, 3.63) is 35.4 Å². The van der Waals surface area contributed by atoms with E-state index in [2.05, 4.69) is 18.3 Å². The highest BCUT2D eigenvalue weighted by Crippen LogP contribution is 2.24. The molecule has 0 radical (unpaired) electrons. The van der Waals surface area contributed by atoms with Gasteiger partial charge in [0.05, 0.1) is 0 Å². The zero-order valence-corrected chi connectivity index (χ0v) is 17.3. The first-order valence-corrected chi connectivity index (χ1v) is 10.7. The van der Waals surface area contributed by atoms with Crippen LogP contribution in [-0.4, -0.2) is 22.7 Å². The zero-order valence-electron chi connectivity index (χ0n) is 17.3. The summed E-state index contributed by atoms with van der Waals surface area (Å²) in [5.41, 5.74) is 0.291. The summed E-state index contributed by atoms with van der Waals surface area (Å²) in [7, 11) is 0. The summed E-state index contributed by atoms with van der Waals surface area (Å²) in [5.74, 6) is -0.314. The molecule has 4 nitrogen and oxygen atoms in total. The fourth-order valence-electron chi connectivity index (χ4n) is 3.53. The van der Waals surface area contributed by atoms with Gasteiger partial charge in [0.25, 0.3) is 0 Å². The Kier molecular flexibility index (Phi) is 12.0. The van der Waals surface area contributed by atoms with Crippen LogP contribution >= 0.6 is 0 Å². The molecule has 0 aliphatic carbocycles. The minimum atomic E-state index is -1.51. The molecule has 0 fully saturated rings. The lowest BCUT2D eigenvalue weighted by atomic mass is 9.95. The molecule has 1 aromatic rings. The smallest absolute Gasteiger partial charge is 0.219 e. The van der Waals surface area contributed by atoms with Gasteiger partial charge in [-0.1, -0.05) is 89.0 Å². The van der Waals surface area contributed by atoms with E-state index >= 15 is 0 Å². The molecule has 0 aliphatic heterocycles. The van der Waals surface area contributed by atoms with Crippen molar-refractivity contribution >= 4 is 5.91 Å². The van der Waals surface area contributed by atoms with Crippen molar-refractivity contribution in [3.8, 4) is 0 Å². The van der Waals surface area contributed by atoms with Crippen LogP contribution in [-0.2, 0) is 16.9 Å². The predicted octanol–water partition coefficient (Wildman–Crippen LogP) is 4.81. The molecule has 0 aliphatic rings. The Morgan fingerprint density at radius 2 is 1.59 bits per heavy atom. The van der Waals surface area contributed by atoms with Crippen LogP contribution in [0, 0.1) is 0 Å². The summed E-state index contributed by atoms with van der Waals surface area (Å²) in [4.78, 5) is 11.4. The van der Waals surface area contributed by atoms with Gasteiger partial charge in [-0.2, -0.15) is 0 Å². The van der Waals surface area contributed by atoms with E-state index in [4.69, 9.17) is 0 Å². The average Bonchev–Trinajstić information content (AvgIpc) is 2.63. The molecule has 1 atom stereocenters. The third-order valence-electron chi connectivity index (χ3n) is 5.08. The predicted molar refractivity (Wildman–Crippen MR) is 111 cm³/mol. The molecule has 0 bridgehead atoms. The molecule has 3 N–H and O–H groups in total. The largest absolute Gasteiger partial charge is 0.396 e. The summed E-state index contributed by atoms with van der Waals surface area (Å²) < 4.78 is 0. The second-order valence-electron chi connectivity index (χ2n) is 7.65. The molecular weight excluding hydrogens is 338 g/mol. The van der Waals surface area contributed by atoms with Crippen LogP contribution in [0.4, 0.5) is 0 Å². The lowest BCUT2D eigenvalue weighted by molar-refractivity contribution is -0.128. The summed E-state index contributed by atoms with van der Waals surface area (Å²) >= 11 is 0. The highest BCUT2D eigenvalue weighted by atomic mass is 16.3. The Bertz CT molecular complexity index is 532. The molecule has 0 spiro atoms. The number of aliphatic hydroxyl groups is 2. The van der Waals surface area contributed by atoms with Crippen LogP contribution < -0.4 is 5.32 Å². The van der Waals surface area contributed by atoms with Crippen LogP contribution in [0.3, 0.4) is 0 Å². The summed E-state index contributed by atoms with van der Waals surface area (Å²) in [6.45, 7) is 3.43. The van der Waals surface area contributed by atoms with Crippen molar-refractivity contribution < 1.29 is 15.0 Å². The maximum absolute atomic E-state index is 11.4. The Morgan fingerprint density at radius 3 is 2.15 bits per heavy atom. The monoisotopic (exact) mass is 377 g/mol. The minimum absolute atomic E-state index is 0.0777. The number of carbonyl (C=O) groups is 1. The summed E-state index contributed by atoms with van der Waals surface area (Å²) in [6.07, 6.45) is 14.2. The van der Waals surface area contributed by atoms with E-state index in [-0.39, 0.29) is 18.9 Å². The second kappa shape index (κ2) is 13.7. The van der Waals surface area contributed by atoms with Crippen LogP contribution in [0.5, 0.6) is 0 Å². The number of hydrogen-bond acceptors (Lipinski definition) is 3. The number of benzene rings is 1. The van der Waals surface area contributed by atoms with Gasteiger partial charge in [0.1, 0.15) is 0 Å². The van der Waals surface area contributed by atoms with E-state index < -0.39 is 5.72 Å². The van der Waals surface area contributed by atoms with Gasteiger partial charge >= 0.3 is 0 Å². The van der Waals surface area contributed by atoms with Gasteiger partial charge in [-0.05, 0) is 18.4 Å². The first-order chi connectivity index (χ1) is 13.0. The van der Waals surface area contributed by atoms with Gasteiger partial charge in [0, 0.05) is 25.5 Å². The van der Waals surface area contributed by atoms with E-state index in [1.165, 1.54) is 64.7 Å². The number of rotatable bonds is 15. The highest BCUT2D eigenvalue weighted by molar-refractivity contribution is 5.73. The van der Waals surface area contributed by atoms with Crippen molar-refractivity contribution in [2.75, 3.05) is 6.61 Å². The molecule has 0 aromatic heterocycles. The third kappa shape index (κ3) is 9.92. The molecular formula is C23H39NO3. The standard InChI is InChI=1S/C23H39NO3/c1-3-4-5-6-7-8-9-10-11-12-14-21-15-13-16-22(19-21)23(27,17-18-25)24-20(2)26/h13,15-16,19,25,27H,3-12,14,17-18H2,1-2H3,(H,24,26). The quantitative estimate of drug-likeness (QED) is 0.303. The normalized spacial score (nSPS) is 13.3. The van der Waals surface area contributed by atoms with Gasteiger partial charge in [-0.3, -0.25) is 4.79 Å². The van der Waals surface area contributed by atoms with Gasteiger partial charge in [-0.15, -0.1) is 0 Å². The molecule has 1 amide bonds. The Morgan fingerprint density at radius 1 is 1.00 bits per heavy atom. The lowest BCUT2D eigenvalue weighted by Crippen LogP contribution is -2.45. The molecule has 0 saturated carbocycles. The molecule has 0 heterocycles. The fraction of sp³-hybridized carbons (Fsp3) is 0.696. The maximum atomic E-state index is 11.4. The Balaban J connectivity index is 2.36. The molecule has 154 valence electrons. The number of carbonyl (C=O) groups excluding carboxylic acids is 1. The highest BCUT2D eigenvalue weighted by Gasteiger charge is 2.29. The molecule has 0 saturated heterocycles. The lowest BCUT2D eigenvalue weighted by Gasteiger charge is -2.29. The SMILES string of the molecule is CCCCCCCCCCCCc1cccc(C(O)(CCO)NC(C)=O)c1. The van der Waals surface area contributed by atoms with Crippen LogP contribution in [0.2, 0.25) is 0 Å². The van der Waals surface area contributed by atoms with E-state index in [0.29, 0.717) is 5.56 Å². The topological polar surface area (TPSA) is 69.6 Å². The molecule has 4 heteroatoms. The first kappa shape index (κ1) is 23.6. The number of aliphatic hydroxyl groups excluding tert-OH is 1. The van der Waals surface area contributed by atoms with Gasteiger partial charge in [0.2, 0.25) is 5.91 Å². The van der Waals surface area contributed by atoms with E-state index in [9.17, 15) is 15.0 Å². The van der Waals surface area contributed by atoms with E-state index in [0.717, 1.165) is 18.4 Å². The van der Waals surface area contributed by atoms with Crippen LogP contribution in [0.1, 0.15) is 95.6 Å². The average molecular weight is 378 g/mol. The number of hydrogen-bond donors (Lipinski definition) is 3. The zero-order chi connectivity index (χ0) is 20.0. The van der Waals surface area contributed by atoms with Crippen molar-refractivity contribution in [2.24, 2.45) is 0 Å². The molecule has 27 heavy (non-hydrogen) atoms.